The van der Waals surface area contributed by atoms with Gasteiger partial charge in [-0.1, -0.05) is 23.8 Å². The van der Waals surface area contributed by atoms with Gasteiger partial charge in [0, 0.05) is 10.8 Å². The molecule has 3 aromatic rings. The second-order valence-electron chi connectivity index (χ2n) is 7.21. The van der Waals surface area contributed by atoms with Gasteiger partial charge in [-0.15, -0.1) is 0 Å². The topological polar surface area (TPSA) is 115 Å². The minimum atomic E-state index is -0.656. The Bertz CT molecular complexity index is 1050. The van der Waals surface area contributed by atoms with Gasteiger partial charge in [0.25, 0.3) is 5.91 Å². The van der Waals surface area contributed by atoms with Crippen LogP contribution in [0.2, 0.25) is 0 Å². The second kappa shape index (κ2) is 7.55. The first kappa shape index (κ1) is 19.7. The van der Waals surface area contributed by atoms with Crippen LogP contribution >= 0.6 is 0 Å². The van der Waals surface area contributed by atoms with Gasteiger partial charge in [-0.3, -0.25) is 14.8 Å². The third-order valence-electron chi connectivity index (χ3n) is 4.00. The predicted molar refractivity (Wildman–Crippen MR) is 102 cm³/mol. The smallest absolute Gasteiger partial charge is 0.419 e. The van der Waals surface area contributed by atoms with Crippen LogP contribution in [0.5, 0.6) is 0 Å². The number of benzene rings is 1. The highest BCUT2D eigenvalue weighted by molar-refractivity contribution is 6.14. The molecular weight excluding hydrogens is 364 g/mol. The largest absolute Gasteiger partial charge is 0.443 e. The van der Waals surface area contributed by atoms with Crippen molar-refractivity contribution in [1.82, 2.24) is 20.5 Å². The molecule has 28 heavy (non-hydrogen) atoms. The summed E-state index contributed by atoms with van der Waals surface area (Å²) in [5.74, 6) is -0.477. The standard InChI is InChI=1S/C19H22N4O5/c1-11-16-13(9-14(21-11)17(24)20-10-27-22-26)12-7-5-6-8-15(12)23(16)18(25)28-19(2,3)4/h5-9,22,26H,10H2,1-4H3,(H,20,24). The fraction of sp³-hybridized carbons (Fsp3) is 0.316. The van der Waals surface area contributed by atoms with Crippen LogP contribution in [0.1, 0.15) is 37.0 Å². The number of fused-ring (bicyclic) bond motifs is 3. The first-order valence-electron chi connectivity index (χ1n) is 8.66. The first-order valence-corrected chi connectivity index (χ1v) is 8.66. The molecule has 0 saturated heterocycles. The van der Waals surface area contributed by atoms with Crippen LogP contribution in [0.15, 0.2) is 30.3 Å². The van der Waals surface area contributed by atoms with Gasteiger partial charge < -0.3 is 10.1 Å². The number of hydrogen-bond acceptors (Lipinski definition) is 7. The van der Waals surface area contributed by atoms with Crippen molar-refractivity contribution < 1.29 is 24.4 Å². The van der Waals surface area contributed by atoms with Gasteiger partial charge in [0.05, 0.1) is 16.7 Å². The maximum absolute atomic E-state index is 12.9. The number of nitrogens with one attached hydrogen (secondary N) is 2. The van der Waals surface area contributed by atoms with Crippen LogP contribution < -0.4 is 11.0 Å². The number of carbonyl (C=O) groups is 2. The van der Waals surface area contributed by atoms with Crippen LogP contribution in [0.25, 0.3) is 21.8 Å². The summed E-state index contributed by atoms with van der Waals surface area (Å²) in [4.78, 5) is 34.0. The number of carbonyl (C=O) groups excluding carboxylic acids is 2. The Labute approximate surface area is 161 Å². The molecule has 0 radical (unpaired) electrons. The number of aromatic nitrogens is 2. The van der Waals surface area contributed by atoms with Crippen molar-refractivity contribution in [2.75, 3.05) is 6.73 Å². The quantitative estimate of drug-likeness (QED) is 0.359. The zero-order chi connectivity index (χ0) is 20.5. The van der Waals surface area contributed by atoms with E-state index in [9.17, 15) is 9.59 Å². The Morgan fingerprint density at radius 3 is 2.61 bits per heavy atom. The van der Waals surface area contributed by atoms with Crippen molar-refractivity contribution >= 4 is 33.8 Å². The van der Waals surface area contributed by atoms with E-state index in [1.54, 1.807) is 33.8 Å². The van der Waals surface area contributed by atoms with Gasteiger partial charge in [0.15, 0.2) is 0 Å². The van der Waals surface area contributed by atoms with Crippen molar-refractivity contribution in [2.45, 2.75) is 33.3 Å². The Hall–Kier alpha value is -3.01. The van der Waals surface area contributed by atoms with Crippen LogP contribution in [0, 0.1) is 6.92 Å². The molecule has 0 aliphatic rings. The highest BCUT2D eigenvalue weighted by Gasteiger charge is 2.24. The van der Waals surface area contributed by atoms with Crippen LogP contribution in [0.4, 0.5) is 4.79 Å². The molecule has 1 amide bonds. The third kappa shape index (κ3) is 3.81. The number of para-hydroxylation sites is 1. The molecular formula is C19H22N4O5. The summed E-state index contributed by atoms with van der Waals surface area (Å²) < 4.78 is 7.05. The first-order chi connectivity index (χ1) is 13.2. The second-order valence-corrected chi connectivity index (χ2v) is 7.21. The molecule has 9 nitrogen and oxygen atoms in total. The lowest BCUT2D eigenvalue weighted by molar-refractivity contribution is -0.130. The van der Waals surface area contributed by atoms with E-state index in [1.807, 2.05) is 24.3 Å². The molecule has 0 fully saturated rings. The summed E-state index contributed by atoms with van der Waals surface area (Å²) in [6.07, 6.45) is -0.511. The Morgan fingerprint density at radius 1 is 1.21 bits per heavy atom. The Balaban J connectivity index is 2.17. The number of nitrogens with zero attached hydrogens (tertiary/aromatic N) is 2. The maximum Gasteiger partial charge on any atom is 0.419 e. The predicted octanol–water partition coefficient (Wildman–Crippen LogP) is 2.88. The molecule has 148 valence electrons. The fourth-order valence-corrected chi connectivity index (χ4v) is 3.01. The molecule has 0 unspecified atom stereocenters. The zero-order valence-electron chi connectivity index (χ0n) is 16.1. The van der Waals surface area contributed by atoms with Crippen LogP contribution in [-0.4, -0.2) is 39.1 Å². The summed E-state index contributed by atoms with van der Waals surface area (Å²) in [7, 11) is 0. The summed E-state index contributed by atoms with van der Waals surface area (Å²) in [5, 5.41) is 12.4. The molecule has 0 atom stereocenters. The van der Waals surface area contributed by atoms with Crippen LogP contribution in [0.3, 0.4) is 0 Å². The highest BCUT2D eigenvalue weighted by atomic mass is 16.8. The molecule has 0 saturated carbocycles. The summed E-state index contributed by atoms with van der Waals surface area (Å²) in [6.45, 7) is 6.89. The molecule has 0 bridgehead atoms. The number of hydrogen-bond donors (Lipinski definition) is 3. The van der Waals surface area contributed by atoms with Crippen molar-refractivity contribution in [3.05, 3.63) is 41.7 Å². The Kier molecular flexibility index (Phi) is 5.32. The SMILES string of the molecule is Cc1nc(C(=O)NCONO)cc2c3ccccc3n(C(=O)OC(C)(C)C)c12. The van der Waals surface area contributed by atoms with E-state index >= 15 is 0 Å². The summed E-state index contributed by atoms with van der Waals surface area (Å²) in [5.41, 5.74) is 2.75. The van der Waals surface area contributed by atoms with E-state index in [2.05, 4.69) is 15.1 Å². The third-order valence-corrected chi connectivity index (χ3v) is 4.00. The van der Waals surface area contributed by atoms with E-state index in [0.717, 1.165) is 5.39 Å². The molecule has 0 spiro atoms. The molecule has 2 aromatic heterocycles. The number of aryl methyl sites for hydroxylation is 1. The van der Waals surface area contributed by atoms with Crippen molar-refractivity contribution in [3.8, 4) is 0 Å². The molecule has 9 heteroatoms. The van der Waals surface area contributed by atoms with Gasteiger partial charge >= 0.3 is 6.09 Å². The monoisotopic (exact) mass is 386 g/mol. The average Bonchev–Trinajstić information content (AvgIpc) is 2.96. The highest BCUT2D eigenvalue weighted by Crippen LogP contribution is 2.31. The zero-order valence-corrected chi connectivity index (χ0v) is 16.1. The Morgan fingerprint density at radius 2 is 1.93 bits per heavy atom. The lowest BCUT2D eigenvalue weighted by atomic mass is 10.1. The van der Waals surface area contributed by atoms with E-state index in [4.69, 9.17) is 9.94 Å². The van der Waals surface area contributed by atoms with Gasteiger partial charge in [-0.05, 0) is 39.8 Å². The van der Waals surface area contributed by atoms with Crippen molar-refractivity contribution in [3.63, 3.8) is 0 Å². The van der Waals surface area contributed by atoms with Crippen molar-refractivity contribution in [1.29, 1.82) is 0 Å². The lowest BCUT2D eigenvalue weighted by Gasteiger charge is -2.20. The van der Waals surface area contributed by atoms with E-state index in [1.165, 1.54) is 10.2 Å². The van der Waals surface area contributed by atoms with Gasteiger partial charge in [0.1, 0.15) is 18.0 Å². The maximum atomic E-state index is 12.9. The van der Waals surface area contributed by atoms with E-state index in [0.29, 0.717) is 22.1 Å². The minimum absolute atomic E-state index is 0.165. The van der Waals surface area contributed by atoms with E-state index < -0.39 is 17.6 Å². The number of rotatable bonds is 4. The summed E-state index contributed by atoms with van der Waals surface area (Å²) >= 11 is 0. The molecule has 0 aliphatic carbocycles. The molecule has 2 heterocycles. The van der Waals surface area contributed by atoms with Crippen LogP contribution in [-0.2, 0) is 9.57 Å². The lowest BCUT2D eigenvalue weighted by Crippen LogP contribution is -2.30. The minimum Gasteiger partial charge on any atom is -0.443 e. The molecule has 0 aliphatic heterocycles. The molecule has 1 aromatic carbocycles. The van der Waals surface area contributed by atoms with Crippen molar-refractivity contribution in [2.24, 2.45) is 0 Å². The van der Waals surface area contributed by atoms with Gasteiger partial charge in [0.2, 0.25) is 0 Å². The number of pyridine rings is 1. The van der Waals surface area contributed by atoms with Gasteiger partial charge in [-0.25, -0.2) is 14.3 Å². The summed E-state index contributed by atoms with van der Waals surface area (Å²) in [6, 6.07) is 9.00. The van der Waals surface area contributed by atoms with E-state index in [-0.39, 0.29) is 12.4 Å². The fourth-order valence-electron chi connectivity index (χ4n) is 3.01. The van der Waals surface area contributed by atoms with Gasteiger partial charge in [-0.2, -0.15) is 0 Å². The normalized spacial score (nSPS) is 11.8. The number of ether oxygens (including phenoxy) is 1. The molecule has 3 rings (SSSR count). The number of amides is 1. The average molecular weight is 386 g/mol. The molecule has 3 N–H and O–H groups in total.